The number of nitrogens with two attached hydrogens (primary N) is 1. The molecule has 16 heavy (non-hydrogen) atoms. The van der Waals surface area contributed by atoms with Gasteiger partial charge in [-0.25, -0.2) is 0 Å². The average Bonchev–Trinajstić information content (AvgIpc) is 3.11. The second-order valence-corrected chi connectivity index (χ2v) is 5.43. The number of nitrogens with zero attached hydrogens (tertiary/aromatic N) is 1. The summed E-state index contributed by atoms with van der Waals surface area (Å²) in [4.78, 5) is 2.61. The first-order chi connectivity index (χ1) is 7.79. The maximum Gasteiger partial charge on any atom is 0.0110 e. The van der Waals surface area contributed by atoms with Crippen molar-refractivity contribution < 1.29 is 0 Å². The van der Waals surface area contributed by atoms with Crippen LogP contribution in [-0.2, 0) is 0 Å². The first-order valence-corrected chi connectivity index (χ1v) is 7.02. The van der Waals surface area contributed by atoms with Crippen LogP contribution in [0.2, 0.25) is 0 Å². The van der Waals surface area contributed by atoms with Gasteiger partial charge in [-0.2, -0.15) is 0 Å². The van der Waals surface area contributed by atoms with Gasteiger partial charge in [0.05, 0.1) is 0 Å². The molecule has 94 valence electrons. The van der Waals surface area contributed by atoms with Gasteiger partial charge in [0.15, 0.2) is 0 Å². The number of hydrogen-bond donors (Lipinski definition) is 2. The minimum atomic E-state index is 0.469. The molecule has 0 aliphatic heterocycles. The van der Waals surface area contributed by atoms with Crippen LogP contribution in [0.1, 0.15) is 45.4 Å². The average molecular weight is 225 g/mol. The number of hydrogen-bond acceptors (Lipinski definition) is 3. The Balaban J connectivity index is 1.56. The molecule has 0 amide bonds. The summed E-state index contributed by atoms with van der Waals surface area (Å²) in [5.74, 6) is 0. The van der Waals surface area contributed by atoms with Crippen molar-refractivity contribution in [2.75, 3.05) is 19.6 Å². The Kier molecular flexibility index (Phi) is 4.62. The van der Waals surface area contributed by atoms with E-state index in [-0.39, 0.29) is 0 Å². The van der Waals surface area contributed by atoms with Gasteiger partial charge in [0.1, 0.15) is 0 Å². The summed E-state index contributed by atoms with van der Waals surface area (Å²) in [5, 5.41) is 3.69. The van der Waals surface area contributed by atoms with Crippen molar-refractivity contribution in [1.29, 1.82) is 0 Å². The van der Waals surface area contributed by atoms with Crippen molar-refractivity contribution in [2.24, 2.45) is 5.73 Å². The van der Waals surface area contributed by atoms with Crippen LogP contribution in [0.3, 0.4) is 0 Å². The molecule has 2 rings (SSSR count). The molecule has 0 heterocycles. The topological polar surface area (TPSA) is 41.3 Å². The van der Waals surface area contributed by atoms with Gasteiger partial charge in [-0.15, -0.1) is 0 Å². The molecule has 0 aromatic carbocycles. The van der Waals surface area contributed by atoms with Crippen molar-refractivity contribution in [2.45, 2.75) is 63.6 Å². The maximum absolute atomic E-state index is 5.91. The fourth-order valence-corrected chi connectivity index (χ4v) is 2.77. The molecule has 0 atom stereocenters. The molecular weight excluding hydrogens is 198 g/mol. The Labute approximate surface area is 99.8 Å². The highest BCUT2D eigenvalue weighted by molar-refractivity contribution is 4.85. The fourth-order valence-electron chi connectivity index (χ4n) is 2.77. The van der Waals surface area contributed by atoms with E-state index in [1.165, 1.54) is 51.6 Å². The summed E-state index contributed by atoms with van der Waals surface area (Å²) in [5.41, 5.74) is 5.91. The molecule has 2 aliphatic carbocycles. The van der Waals surface area contributed by atoms with Crippen LogP contribution in [0.25, 0.3) is 0 Å². The Morgan fingerprint density at radius 2 is 1.81 bits per heavy atom. The Bertz CT molecular complexity index is 195. The second kappa shape index (κ2) is 5.99. The normalized spacial score (nSPS) is 30.9. The van der Waals surface area contributed by atoms with Gasteiger partial charge >= 0.3 is 0 Å². The van der Waals surface area contributed by atoms with Crippen molar-refractivity contribution in [1.82, 2.24) is 10.2 Å². The van der Waals surface area contributed by atoms with E-state index in [2.05, 4.69) is 17.1 Å². The molecule has 3 nitrogen and oxygen atoms in total. The highest BCUT2D eigenvalue weighted by Crippen LogP contribution is 2.26. The molecule has 3 N–H and O–H groups in total. The van der Waals surface area contributed by atoms with E-state index in [4.69, 9.17) is 5.73 Å². The zero-order valence-electron chi connectivity index (χ0n) is 10.6. The second-order valence-electron chi connectivity index (χ2n) is 5.43. The minimum absolute atomic E-state index is 0.469. The monoisotopic (exact) mass is 225 g/mol. The zero-order valence-corrected chi connectivity index (χ0v) is 10.6. The molecular formula is C13H27N3. The summed E-state index contributed by atoms with van der Waals surface area (Å²) in [6.45, 7) is 5.87. The lowest BCUT2D eigenvalue weighted by molar-refractivity contribution is 0.261. The van der Waals surface area contributed by atoms with Gasteiger partial charge in [0.2, 0.25) is 0 Å². The highest BCUT2D eigenvalue weighted by Gasteiger charge is 2.27. The Morgan fingerprint density at radius 3 is 2.38 bits per heavy atom. The van der Waals surface area contributed by atoms with Crippen molar-refractivity contribution in [3.63, 3.8) is 0 Å². The molecule has 0 saturated heterocycles. The number of likely N-dealkylation sites (N-methyl/N-ethyl adjacent to an activating group) is 1. The van der Waals surface area contributed by atoms with Crippen LogP contribution in [0.15, 0.2) is 0 Å². The first kappa shape index (κ1) is 12.3. The number of rotatable bonds is 6. The van der Waals surface area contributed by atoms with Gasteiger partial charge in [-0.05, 0) is 45.1 Å². The summed E-state index contributed by atoms with van der Waals surface area (Å²) in [7, 11) is 0. The molecule has 0 radical (unpaired) electrons. The summed E-state index contributed by atoms with van der Waals surface area (Å²) < 4.78 is 0. The number of nitrogens with one attached hydrogen (secondary N) is 1. The quantitative estimate of drug-likeness (QED) is 0.716. The maximum atomic E-state index is 5.91. The SMILES string of the molecule is CCN(CCNC1CCC(N)CC1)C1CC1. The summed E-state index contributed by atoms with van der Waals surface area (Å²) in [6, 6.07) is 2.11. The Morgan fingerprint density at radius 1 is 1.12 bits per heavy atom. The molecule has 2 fully saturated rings. The zero-order chi connectivity index (χ0) is 11.4. The molecule has 2 aliphatic rings. The third kappa shape index (κ3) is 3.72. The third-order valence-electron chi connectivity index (χ3n) is 4.07. The van der Waals surface area contributed by atoms with Gasteiger partial charge in [-0.1, -0.05) is 6.92 Å². The lowest BCUT2D eigenvalue weighted by atomic mass is 9.92. The van der Waals surface area contributed by atoms with Crippen molar-refractivity contribution >= 4 is 0 Å². The van der Waals surface area contributed by atoms with E-state index in [0.717, 1.165) is 18.6 Å². The fraction of sp³-hybridized carbons (Fsp3) is 1.00. The van der Waals surface area contributed by atoms with Crippen molar-refractivity contribution in [3.05, 3.63) is 0 Å². The van der Waals surface area contributed by atoms with Gasteiger partial charge in [-0.3, -0.25) is 4.90 Å². The van der Waals surface area contributed by atoms with E-state index in [9.17, 15) is 0 Å². The molecule has 0 bridgehead atoms. The lowest BCUT2D eigenvalue weighted by Crippen LogP contribution is -2.41. The van der Waals surface area contributed by atoms with Crippen LogP contribution >= 0.6 is 0 Å². The minimum Gasteiger partial charge on any atom is -0.328 e. The Hall–Kier alpha value is -0.120. The van der Waals surface area contributed by atoms with Crippen LogP contribution in [0.4, 0.5) is 0 Å². The molecule has 0 spiro atoms. The standard InChI is InChI=1S/C13H27N3/c1-2-16(13-7-8-13)10-9-15-12-5-3-11(14)4-6-12/h11-13,15H,2-10,14H2,1H3. The van der Waals surface area contributed by atoms with Gasteiger partial charge in [0, 0.05) is 31.2 Å². The van der Waals surface area contributed by atoms with E-state index in [1.54, 1.807) is 0 Å². The van der Waals surface area contributed by atoms with Crippen LogP contribution in [0, 0.1) is 0 Å². The third-order valence-corrected chi connectivity index (χ3v) is 4.07. The van der Waals surface area contributed by atoms with Gasteiger partial charge in [0.25, 0.3) is 0 Å². The molecule has 2 saturated carbocycles. The first-order valence-electron chi connectivity index (χ1n) is 7.02. The van der Waals surface area contributed by atoms with Crippen LogP contribution in [0.5, 0.6) is 0 Å². The molecule has 3 heteroatoms. The summed E-state index contributed by atoms with van der Waals surface area (Å²) >= 11 is 0. The largest absolute Gasteiger partial charge is 0.328 e. The lowest BCUT2D eigenvalue weighted by Gasteiger charge is -2.28. The predicted molar refractivity (Wildman–Crippen MR) is 68.5 cm³/mol. The molecule has 0 aromatic rings. The van der Waals surface area contributed by atoms with E-state index < -0.39 is 0 Å². The van der Waals surface area contributed by atoms with Crippen LogP contribution < -0.4 is 11.1 Å². The van der Waals surface area contributed by atoms with E-state index in [1.807, 2.05) is 0 Å². The van der Waals surface area contributed by atoms with Crippen LogP contribution in [-0.4, -0.2) is 42.7 Å². The van der Waals surface area contributed by atoms with Gasteiger partial charge < -0.3 is 11.1 Å². The molecule has 0 unspecified atom stereocenters. The molecule has 0 aromatic heterocycles. The summed E-state index contributed by atoms with van der Waals surface area (Å²) in [6.07, 6.45) is 7.81. The highest BCUT2D eigenvalue weighted by atomic mass is 15.2. The van der Waals surface area contributed by atoms with E-state index >= 15 is 0 Å². The predicted octanol–water partition coefficient (Wildman–Crippen LogP) is 1.33. The van der Waals surface area contributed by atoms with Crippen molar-refractivity contribution in [3.8, 4) is 0 Å². The smallest absolute Gasteiger partial charge is 0.0110 e. The van der Waals surface area contributed by atoms with E-state index in [0.29, 0.717) is 6.04 Å².